The highest BCUT2D eigenvalue weighted by Crippen LogP contribution is 2.32. The maximum Gasteiger partial charge on any atom is 0.165 e. The van der Waals surface area contributed by atoms with Gasteiger partial charge in [-0.2, -0.15) is 5.10 Å². The molecule has 5 nitrogen and oxygen atoms in total. The number of nitrogens with zero attached hydrogens (tertiary/aromatic N) is 4. The Morgan fingerprint density at radius 2 is 2.05 bits per heavy atom. The summed E-state index contributed by atoms with van der Waals surface area (Å²) in [5.41, 5.74) is 2.93. The standard InChI is InChI=1S/C15H22BrN5/c1-6-7-17-15-12(16)13(9(2)3)18-14(19-15)11-8-21(5)20-10(11)4/h8-9H,6-7H2,1-5H3,(H,17,18,19). The van der Waals surface area contributed by atoms with Crippen molar-refractivity contribution in [2.24, 2.45) is 7.05 Å². The van der Waals surface area contributed by atoms with Gasteiger partial charge in [0.1, 0.15) is 5.82 Å². The SMILES string of the molecule is CCCNc1nc(-c2cn(C)nc2C)nc(C(C)C)c1Br. The van der Waals surface area contributed by atoms with Gasteiger partial charge in [0, 0.05) is 19.8 Å². The molecule has 6 heteroatoms. The van der Waals surface area contributed by atoms with Crippen molar-refractivity contribution in [3.63, 3.8) is 0 Å². The van der Waals surface area contributed by atoms with Crippen molar-refractivity contribution in [2.75, 3.05) is 11.9 Å². The molecule has 2 aromatic rings. The van der Waals surface area contributed by atoms with E-state index in [0.29, 0.717) is 5.92 Å². The molecule has 0 fully saturated rings. The predicted molar refractivity (Wildman–Crippen MR) is 89.5 cm³/mol. The Bertz CT molecular complexity index is 633. The molecule has 0 unspecified atom stereocenters. The van der Waals surface area contributed by atoms with Crippen LogP contribution in [0.15, 0.2) is 10.7 Å². The van der Waals surface area contributed by atoms with E-state index in [1.165, 1.54) is 0 Å². The fourth-order valence-corrected chi connectivity index (χ4v) is 2.92. The van der Waals surface area contributed by atoms with E-state index in [4.69, 9.17) is 4.98 Å². The molecule has 0 aliphatic carbocycles. The molecule has 0 spiro atoms. The average molecular weight is 352 g/mol. The summed E-state index contributed by atoms with van der Waals surface area (Å²) in [6.07, 6.45) is 3.01. The number of anilines is 1. The van der Waals surface area contributed by atoms with Gasteiger partial charge >= 0.3 is 0 Å². The highest BCUT2D eigenvalue weighted by molar-refractivity contribution is 9.10. The van der Waals surface area contributed by atoms with E-state index >= 15 is 0 Å². The normalized spacial score (nSPS) is 11.2. The van der Waals surface area contributed by atoms with Gasteiger partial charge in [-0.15, -0.1) is 0 Å². The van der Waals surface area contributed by atoms with Crippen LogP contribution in [0.2, 0.25) is 0 Å². The second-order valence-electron chi connectivity index (χ2n) is 5.48. The number of aryl methyl sites for hydroxylation is 2. The van der Waals surface area contributed by atoms with Crippen LogP contribution in [0.3, 0.4) is 0 Å². The lowest BCUT2D eigenvalue weighted by molar-refractivity contribution is 0.756. The topological polar surface area (TPSA) is 55.6 Å². The van der Waals surface area contributed by atoms with Gasteiger partial charge < -0.3 is 5.32 Å². The zero-order valence-electron chi connectivity index (χ0n) is 13.2. The fraction of sp³-hybridized carbons (Fsp3) is 0.533. The van der Waals surface area contributed by atoms with Gasteiger partial charge in [0.25, 0.3) is 0 Å². The molecule has 0 aliphatic rings. The third kappa shape index (κ3) is 3.43. The summed E-state index contributed by atoms with van der Waals surface area (Å²) < 4.78 is 2.75. The Morgan fingerprint density at radius 1 is 1.33 bits per heavy atom. The molecular formula is C15H22BrN5. The summed E-state index contributed by atoms with van der Waals surface area (Å²) in [6, 6.07) is 0. The Hall–Kier alpha value is -1.43. The highest BCUT2D eigenvalue weighted by Gasteiger charge is 2.17. The Morgan fingerprint density at radius 3 is 2.57 bits per heavy atom. The third-order valence-electron chi connectivity index (χ3n) is 3.22. The first-order valence-corrected chi connectivity index (χ1v) is 8.05. The molecule has 0 bridgehead atoms. The molecule has 0 saturated carbocycles. The van der Waals surface area contributed by atoms with Gasteiger partial charge in [0.15, 0.2) is 5.82 Å². The second kappa shape index (κ2) is 6.56. The first kappa shape index (κ1) is 15.9. The average Bonchev–Trinajstić information content (AvgIpc) is 2.76. The minimum Gasteiger partial charge on any atom is -0.369 e. The van der Waals surface area contributed by atoms with Crippen molar-refractivity contribution in [3.8, 4) is 11.4 Å². The van der Waals surface area contributed by atoms with Gasteiger partial charge in [0.2, 0.25) is 0 Å². The molecule has 2 heterocycles. The number of aromatic nitrogens is 4. The van der Waals surface area contributed by atoms with E-state index in [9.17, 15) is 0 Å². The van der Waals surface area contributed by atoms with Crippen molar-refractivity contribution in [3.05, 3.63) is 22.1 Å². The largest absolute Gasteiger partial charge is 0.369 e. The van der Waals surface area contributed by atoms with E-state index in [1.54, 1.807) is 4.68 Å². The van der Waals surface area contributed by atoms with Crippen molar-refractivity contribution in [1.82, 2.24) is 19.7 Å². The molecule has 0 aromatic carbocycles. The summed E-state index contributed by atoms with van der Waals surface area (Å²) in [4.78, 5) is 9.41. The minimum absolute atomic E-state index is 0.320. The first-order valence-electron chi connectivity index (χ1n) is 7.26. The van der Waals surface area contributed by atoms with Crippen LogP contribution in [0.25, 0.3) is 11.4 Å². The van der Waals surface area contributed by atoms with Crippen LogP contribution in [0.5, 0.6) is 0 Å². The first-order chi connectivity index (χ1) is 9.93. The van der Waals surface area contributed by atoms with Crippen molar-refractivity contribution in [2.45, 2.75) is 40.0 Å². The van der Waals surface area contributed by atoms with E-state index in [2.05, 4.69) is 52.1 Å². The zero-order chi connectivity index (χ0) is 15.6. The molecule has 114 valence electrons. The van der Waals surface area contributed by atoms with Crippen LogP contribution in [-0.2, 0) is 7.05 Å². The lowest BCUT2D eigenvalue weighted by Crippen LogP contribution is -2.08. The summed E-state index contributed by atoms with van der Waals surface area (Å²) in [6.45, 7) is 9.28. The molecule has 0 saturated heterocycles. The Kier molecular flexibility index (Phi) is 4.98. The summed E-state index contributed by atoms with van der Waals surface area (Å²) in [7, 11) is 1.91. The Labute approximate surface area is 134 Å². The monoisotopic (exact) mass is 351 g/mol. The van der Waals surface area contributed by atoms with Crippen LogP contribution in [0.1, 0.15) is 44.5 Å². The van der Waals surface area contributed by atoms with Crippen LogP contribution in [0.4, 0.5) is 5.82 Å². The van der Waals surface area contributed by atoms with E-state index < -0.39 is 0 Å². The van der Waals surface area contributed by atoms with Gasteiger partial charge in [-0.05, 0) is 35.2 Å². The van der Waals surface area contributed by atoms with Crippen LogP contribution < -0.4 is 5.32 Å². The smallest absolute Gasteiger partial charge is 0.165 e. The number of halogens is 1. The summed E-state index contributed by atoms with van der Waals surface area (Å²) in [5, 5.41) is 7.75. The van der Waals surface area contributed by atoms with E-state index in [1.807, 2.05) is 20.2 Å². The number of hydrogen-bond donors (Lipinski definition) is 1. The quantitative estimate of drug-likeness (QED) is 0.887. The second-order valence-corrected chi connectivity index (χ2v) is 6.27. The van der Waals surface area contributed by atoms with Crippen molar-refractivity contribution < 1.29 is 0 Å². The molecule has 2 aromatic heterocycles. The van der Waals surface area contributed by atoms with Crippen LogP contribution in [0, 0.1) is 6.92 Å². The number of nitrogens with one attached hydrogen (secondary N) is 1. The molecule has 0 radical (unpaired) electrons. The van der Waals surface area contributed by atoms with Gasteiger partial charge in [-0.1, -0.05) is 20.8 Å². The molecule has 0 atom stereocenters. The van der Waals surface area contributed by atoms with E-state index in [-0.39, 0.29) is 0 Å². The molecular weight excluding hydrogens is 330 g/mol. The molecule has 1 N–H and O–H groups in total. The van der Waals surface area contributed by atoms with Crippen molar-refractivity contribution in [1.29, 1.82) is 0 Å². The minimum atomic E-state index is 0.320. The number of hydrogen-bond acceptors (Lipinski definition) is 4. The van der Waals surface area contributed by atoms with Crippen LogP contribution >= 0.6 is 15.9 Å². The maximum atomic E-state index is 4.73. The van der Waals surface area contributed by atoms with E-state index in [0.717, 1.165) is 46.0 Å². The van der Waals surface area contributed by atoms with Gasteiger partial charge in [0.05, 0.1) is 21.4 Å². The fourth-order valence-electron chi connectivity index (χ4n) is 2.15. The zero-order valence-corrected chi connectivity index (χ0v) is 14.8. The van der Waals surface area contributed by atoms with Crippen molar-refractivity contribution >= 4 is 21.7 Å². The third-order valence-corrected chi connectivity index (χ3v) is 4.00. The lowest BCUT2D eigenvalue weighted by atomic mass is 10.1. The lowest BCUT2D eigenvalue weighted by Gasteiger charge is -2.14. The number of rotatable bonds is 5. The highest BCUT2D eigenvalue weighted by atomic mass is 79.9. The summed E-state index contributed by atoms with van der Waals surface area (Å²) >= 11 is 3.63. The van der Waals surface area contributed by atoms with Crippen LogP contribution in [-0.4, -0.2) is 26.3 Å². The Balaban J connectivity index is 2.55. The molecule has 21 heavy (non-hydrogen) atoms. The van der Waals surface area contributed by atoms with Gasteiger partial charge in [-0.25, -0.2) is 9.97 Å². The summed E-state index contributed by atoms with van der Waals surface area (Å²) in [5.74, 6) is 1.90. The molecule has 0 aliphatic heterocycles. The molecule has 0 amide bonds. The maximum absolute atomic E-state index is 4.73. The van der Waals surface area contributed by atoms with Gasteiger partial charge in [-0.3, -0.25) is 4.68 Å². The predicted octanol–water partition coefficient (Wildman–Crippen LogP) is 3.89. The molecule has 2 rings (SSSR count).